The quantitative estimate of drug-likeness (QED) is 0.373. The summed E-state index contributed by atoms with van der Waals surface area (Å²) in [7, 11) is -7.90. The third kappa shape index (κ3) is 5.00. The minimum Gasteiger partial charge on any atom is -0.506 e. The number of aromatic nitrogens is 1. The van der Waals surface area contributed by atoms with Crippen molar-refractivity contribution in [2.24, 2.45) is 4.99 Å². The first-order chi connectivity index (χ1) is 18.2. The lowest BCUT2D eigenvalue weighted by molar-refractivity contribution is 0.475. The Morgan fingerprint density at radius 1 is 1.03 bits per heavy atom. The minimum absolute atomic E-state index is 0.0221. The lowest BCUT2D eigenvalue weighted by Crippen LogP contribution is -2.32. The van der Waals surface area contributed by atoms with Crippen LogP contribution in [0, 0.1) is 17.5 Å². The summed E-state index contributed by atoms with van der Waals surface area (Å²) in [5, 5.41) is 10.7. The molecule has 0 aliphatic carbocycles. The molecule has 0 saturated carbocycles. The van der Waals surface area contributed by atoms with E-state index in [9.17, 15) is 39.9 Å². The van der Waals surface area contributed by atoms with E-state index in [-0.39, 0.29) is 39.4 Å². The van der Waals surface area contributed by atoms with Crippen molar-refractivity contribution in [3.8, 4) is 5.75 Å². The Kier molecular flexibility index (Phi) is 6.26. The van der Waals surface area contributed by atoms with Crippen molar-refractivity contribution in [2.45, 2.75) is 11.4 Å². The predicted molar refractivity (Wildman–Crippen MR) is 138 cm³/mol. The second-order valence-electron chi connectivity index (χ2n) is 8.90. The number of hydrogen-bond acceptors (Lipinski definition) is 7. The second kappa shape index (κ2) is 9.24. The van der Waals surface area contributed by atoms with E-state index in [1.165, 1.54) is 24.3 Å². The van der Waals surface area contributed by atoms with E-state index in [1.54, 1.807) is 0 Å². The number of sulfone groups is 1. The number of aromatic hydroxyl groups is 1. The van der Waals surface area contributed by atoms with Gasteiger partial charge in [-0.05, 0) is 42.0 Å². The zero-order valence-electron chi connectivity index (χ0n) is 19.9. The number of halogens is 3. The molecule has 39 heavy (non-hydrogen) atoms. The van der Waals surface area contributed by atoms with Crippen LogP contribution in [0.2, 0.25) is 0 Å². The second-order valence-corrected chi connectivity index (χ2v) is 12.6. The minimum atomic E-state index is -4.20. The Balaban J connectivity index is 1.75. The largest absolute Gasteiger partial charge is 0.506 e. The van der Waals surface area contributed by atoms with Crippen LogP contribution in [0.1, 0.15) is 11.1 Å². The fourth-order valence-electron chi connectivity index (χ4n) is 4.32. The highest BCUT2D eigenvalue weighted by atomic mass is 32.2. The molecule has 0 spiro atoms. The normalized spacial score (nSPS) is 14.6. The maximum absolute atomic E-state index is 14.2. The first-order valence-electron chi connectivity index (χ1n) is 11.1. The van der Waals surface area contributed by atoms with Gasteiger partial charge >= 0.3 is 0 Å². The Bertz CT molecular complexity index is 1990. The van der Waals surface area contributed by atoms with Crippen molar-refractivity contribution < 1.29 is 35.1 Å². The van der Waals surface area contributed by atoms with Gasteiger partial charge < -0.3 is 9.67 Å². The molecule has 0 saturated heterocycles. The first kappa shape index (κ1) is 26.4. The van der Waals surface area contributed by atoms with Gasteiger partial charge in [0.1, 0.15) is 17.1 Å². The molecule has 3 aromatic carbocycles. The highest BCUT2D eigenvalue weighted by Gasteiger charge is 2.32. The molecular weight excluding hydrogens is 559 g/mol. The van der Waals surface area contributed by atoms with E-state index in [1.807, 2.05) is 0 Å². The molecule has 202 valence electrons. The summed E-state index contributed by atoms with van der Waals surface area (Å²) in [5.41, 5.74) is -1.74. The third-order valence-electron chi connectivity index (χ3n) is 6.00. The molecular formula is C25H18F3N3O6S2. The number of hydrogen-bond donors (Lipinski definition) is 2. The Labute approximate surface area is 219 Å². The highest BCUT2D eigenvalue weighted by molar-refractivity contribution is 7.92. The summed E-state index contributed by atoms with van der Waals surface area (Å²) in [6, 6.07) is 10.0. The average molecular weight is 578 g/mol. The monoisotopic (exact) mass is 577 g/mol. The number of aliphatic imine (C=N–C) groups is 1. The number of benzene rings is 3. The molecule has 0 unspecified atom stereocenters. The molecule has 1 aromatic heterocycles. The fraction of sp³-hybridized carbons (Fsp3) is 0.120. The van der Waals surface area contributed by atoms with Crippen molar-refractivity contribution >= 4 is 47.8 Å². The molecule has 1 aliphatic rings. The van der Waals surface area contributed by atoms with Crippen LogP contribution in [-0.4, -0.2) is 44.2 Å². The van der Waals surface area contributed by atoms with E-state index < -0.39 is 59.9 Å². The van der Waals surface area contributed by atoms with Crippen LogP contribution in [0.5, 0.6) is 5.75 Å². The predicted octanol–water partition coefficient (Wildman–Crippen LogP) is 3.45. The molecule has 1 aliphatic heterocycles. The highest BCUT2D eigenvalue weighted by Crippen LogP contribution is 2.36. The van der Waals surface area contributed by atoms with Gasteiger partial charge in [0.25, 0.3) is 5.56 Å². The van der Waals surface area contributed by atoms with E-state index >= 15 is 0 Å². The summed E-state index contributed by atoms with van der Waals surface area (Å²) in [6.07, 6.45) is 0.894. The lowest BCUT2D eigenvalue weighted by atomic mass is 10.1. The maximum Gasteiger partial charge on any atom is 0.264 e. The molecule has 0 radical (unpaired) electrons. The van der Waals surface area contributed by atoms with E-state index in [2.05, 4.69) is 9.71 Å². The van der Waals surface area contributed by atoms with Crippen LogP contribution in [-0.2, 0) is 26.4 Å². The SMILES string of the molecule is CS(=O)(=O)Nc1ccc2c(c1)S(=O)(=O)CC(c1c(O)c3cc(F)c(F)cc3n(Cc3ccc(F)cc3)c1=O)=N2. The van der Waals surface area contributed by atoms with Gasteiger partial charge in [0.2, 0.25) is 10.0 Å². The topological polar surface area (TPSA) is 135 Å². The van der Waals surface area contributed by atoms with E-state index in [0.29, 0.717) is 11.6 Å². The van der Waals surface area contributed by atoms with Crippen molar-refractivity contribution in [3.05, 3.63) is 93.5 Å². The van der Waals surface area contributed by atoms with Gasteiger partial charge in [0.15, 0.2) is 21.5 Å². The van der Waals surface area contributed by atoms with Crippen molar-refractivity contribution in [1.82, 2.24) is 4.57 Å². The first-order valence-corrected chi connectivity index (χ1v) is 14.7. The van der Waals surface area contributed by atoms with Gasteiger partial charge in [0.05, 0.1) is 40.4 Å². The fourth-order valence-corrected chi connectivity index (χ4v) is 6.33. The Morgan fingerprint density at radius 2 is 1.69 bits per heavy atom. The average Bonchev–Trinajstić information content (AvgIpc) is 2.83. The number of anilines is 1. The molecule has 2 heterocycles. The Hall–Kier alpha value is -4.17. The molecule has 0 fully saturated rings. The summed E-state index contributed by atoms with van der Waals surface area (Å²) in [4.78, 5) is 17.6. The van der Waals surface area contributed by atoms with Crippen LogP contribution in [0.25, 0.3) is 10.9 Å². The maximum atomic E-state index is 14.2. The molecule has 0 amide bonds. The van der Waals surface area contributed by atoms with Crippen molar-refractivity contribution in [1.29, 1.82) is 0 Å². The van der Waals surface area contributed by atoms with Gasteiger partial charge in [-0.3, -0.25) is 14.5 Å². The number of rotatable bonds is 5. The van der Waals surface area contributed by atoms with Gasteiger partial charge in [-0.25, -0.2) is 30.0 Å². The summed E-state index contributed by atoms with van der Waals surface area (Å²) in [6.45, 7) is -0.245. The Morgan fingerprint density at radius 3 is 2.36 bits per heavy atom. The van der Waals surface area contributed by atoms with Crippen molar-refractivity contribution in [2.75, 3.05) is 16.7 Å². The van der Waals surface area contributed by atoms with Gasteiger partial charge in [-0.2, -0.15) is 0 Å². The van der Waals surface area contributed by atoms with E-state index in [0.717, 1.165) is 35.1 Å². The number of fused-ring (bicyclic) bond motifs is 2. The number of sulfonamides is 1. The third-order valence-corrected chi connectivity index (χ3v) is 8.26. The van der Waals surface area contributed by atoms with Gasteiger partial charge in [-0.1, -0.05) is 12.1 Å². The molecule has 5 rings (SSSR count). The summed E-state index contributed by atoms with van der Waals surface area (Å²) < 4.78 is 94.4. The molecule has 2 N–H and O–H groups in total. The molecule has 0 bridgehead atoms. The van der Waals surface area contributed by atoms with E-state index in [4.69, 9.17) is 0 Å². The van der Waals surface area contributed by atoms with Gasteiger partial charge in [-0.15, -0.1) is 0 Å². The number of pyridine rings is 1. The zero-order valence-corrected chi connectivity index (χ0v) is 21.6. The van der Waals surface area contributed by atoms with Gasteiger partial charge in [0, 0.05) is 17.1 Å². The molecule has 0 atom stereocenters. The van der Waals surface area contributed by atoms with Crippen LogP contribution >= 0.6 is 0 Å². The lowest BCUT2D eigenvalue weighted by Gasteiger charge is -2.20. The molecule has 4 aromatic rings. The summed E-state index contributed by atoms with van der Waals surface area (Å²) in [5.74, 6) is -4.78. The molecule has 14 heteroatoms. The van der Waals surface area contributed by atoms with Crippen LogP contribution in [0.4, 0.5) is 24.5 Å². The molecule has 9 nitrogen and oxygen atoms in total. The van der Waals surface area contributed by atoms with Crippen molar-refractivity contribution in [3.63, 3.8) is 0 Å². The standard InChI is InChI=1S/C25H18F3N3O6S2/c1-38(34,35)30-15-6-7-19-22(8-15)39(36,37)12-20(29-19)23-24(32)16-9-17(27)18(28)10-21(16)31(25(23)33)11-13-2-4-14(26)5-3-13/h2-10,30,32H,11-12H2,1H3. The summed E-state index contributed by atoms with van der Waals surface area (Å²) >= 11 is 0. The van der Waals surface area contributed by atoms with Crippen LogP contribution in [0.3, 0.4) is 0 Å². The smallest absolute Gasteiger partial charge is 0.264 e. The number of nitrogens with zero attached hydrogens (tertiary/aromatic N) is 2. The zero-order chi connectivity index (χ0) is 28.3. The van der Waals surface area contributed by atoms with Crippen LogP contribution < -0.4 is 10.3 Å². The van der Waals surface area contributed by atoms with Crippen LogP contribution in [0.15, 0.2) is 69.3 Å². The number of nitrogens with one attached hydrogen (secondary N) is 1.